The number of aromatic nitrogens is 1. The van der Waals surface area contributed by atoms with Gasteiger partial charge in [-0.25, -0.2) is 4.98 Å². The van der Waals surface area contributed by atoms with Crippen molar-refractivity contribution in [2.75, 3.05) is 6.54 Å². The third-order valence-corrected chi connectivity index (χ3v) is 3.90. The van der Waals surface area contributed by atoms with E-state index in [4.69, 9.17) is 11.6 Å². The fourth-order valence-corrected chi connectivity index (χ4v) is 2.80. The molecule has 0 bridgehead atoms. The predicted molar refractivity (Wildman–Crippen MR) is 74.8 cm³/mol. The zero-order valence-electron chi connectivity index (χ0n) is 11.0. The fraction of sp³-hybridized carbons (Fsp3) is 0.538. The largest absolute Gasteiger partial charge is 0.352 e. The predicted octanol–water partition coefficient (Wildman–Crippen LogP) is 2.95. The van der Waals surface area contributed by atoms with Gasteiger partial charge in [-0.2, -0.15) is 0 Å². The Morgan fingerprint density at radius 3 is 2.85 bits per heavy atom. The summed E-state index contributed by atoms with van der Waals surface area (Å²) < 4.78 is 0. The van der Waals surface area contributed by atoms with Gasteiger partial charge in [0.05, 0.1) is 4.92 Å². The van der Waals surface area contributed by atoms with Gasteiger partial charge in [0.15, 0.2) is 0 Å². The number of pyridine rings is 1. The molecule has 0 saturated heterocycles. The Hall–Kier alpha value is -1.69. The summed E-state index contributed by atoms with van der Waals surface area (Å²) in [6.45, 7) is 0.528. The summed E-state index contributed by atoms with van der Waals surface area (Å²) in [5.41, 5.74) is -0.478. The highest BCUT2D eigenvalue weighted by Gasteiger charge is 2.24. The maximum absolute atomic E-state index is 12.0. The van der Waals surface area contributed by atoms with Gasteiger partial charge in [-0.05, 0) is 18.4 Å². The zero-order chi connectivity index (χ0) is 14.5. The Labute approximate surface area is 121 Å². The molecule has 1 fully saturated rings. The SMILES string of the molecule is O=C(NCCC1CCCC1)c1ccnc(Cl)c1[N+](=O)[O-]. The molecule has 7 heteroatoms. The van der Waals surface area contributed by atoms with Crippen LogP contribution < -0.4 is 5.32 Å². The molecule has 1 N–H and O–H groups in total. The van der Waals surface area contributed by atoms with Crippen LogP contribution in [0.5, 0.6) is 0 Å². The maximum atomic E-state index is 12.0. The lowest BCUT2D eigenvalue weighted by molar-refractivity contribution is -0.385. The van der Waals surface area contributed by atoms with E-state index < -0.39 is 16.5 Å². The molecule has 0 atom stereocenters. The van der Waals surface area contributed by atoms with E-state index in [9.17, 15) is 14.9 Å². The number of carbonyl (C=O) groups excluding carboxylic acids is 1. The fourth-order valence-electron chi connectivity index (χ4n) is 2.57. The third-order valence-electron chi connectivity index (χ3n) is 3.62. The Balaban J connectivity index is 1.98. The van der Waals surface area contributed by atoms with Crippen molar-refractivity contribution in [2.45, 2.75) is 32.1 Å². The number of rotatable bonds is 5. The molecule has 1 aliphatic carbocycles. The lowest BCUT2D eigenvalue weighted by atomic mass is 10.0. The van der Waals surface area contributed by atoms with Crippen LogP contribution in [0.2, 0.25) is 5.15 Å². The van der Waals surface area contributed by atoms with Crippen molar-refractivity contribution in [3.05, 3.63) is 33.1 Å². The van der Waals surface area contributed by atoms with Crippen LogP contribution >= 0.6 is 11.6 Å². The molecule has 0 unspecified atom stereocenters. The van der Waals surface area contributed by atoms with Gasteiger partial charge in [-0.15, -0.1) is 0 Å². The topological polar surface area (TPSA) is 85.1 Å². The van der Waals surface area contributed by atoms with Crippen LogP contribution in [0.15, 0.2) is 12.3 Å². The monoisotopic (exact) mass is 297 g/mol. The molecule has 1 saturated carbocycles. The van der Waals surface area contributed by atoms with E-state index in [1.807, 2.05) is 0 Å². The lowest BCUT2D eigenvalue weighted by Gasteiger charge is -2.10. The molecule has 108 valence electrons. The van der Waals surface area contributed by atoms with Crippen LogP contribution in [-0.2, 0) is 0 Å². The first-order valence-electron chi connectivity index (χ1n) is 6.66. The van der Waals surface area contributed by atoms with Crippen molar-refractivity contribution in [1.29, 1.82) is 0 Å². The zero-order valence-corrected chi connectivity index (χ0v) is 11.7. The first kappa shape index (κ1) is 14.7. The van der Waals surface area contributed by atoms with Gasteiger partial charge in [0.2, 0.25) is 5.15 Å². The molecule has 1 aromatic rings. The van der Waals surface area contributed by atoms with Crippen molar-refractivity contribution in [2.24, 2.45) is 5.92 Å². The second-order valence-electron chi connectivity index (χ2n) is 4.95. The summed E-state index contributed by atoms with van der Waals surface area (Å²) in [4.78, 5) is 25.9. The number of carbonyl (C=O) groups is 1. The average molecular weight is 298 g/mol. The number of nitrogens with one attached hydrogen (secondary N) is 1. The Bertz CT molecular complexity index is 516. The number of hydrogen-bond acceptors (Lipinski definition) is 4. The summed E-state index contributed by atoms with van der Waals surface area (Å²) in [5.74, 6) is 0.185. The average Bonchev–Trinajstić information content (AvgIpc) is 2.91. The van der Waals surface area contributed by atoms with Gasteiger partial charge in [0.25, 0.3) is 5.91 Å². The lowest BCUT2D eigenvalue weighted by Crippen LogP contribution is -2.26. The van der Waals surface area contributed by atoms with Gasteiger partial charge in [0.1, 0.15) is 5.56 Å². The Kier molecular flexibility index (Phi) is 4.89. The molecule has 1 aliphatic rings. The molecule has 0 spiro atoms. The molecule has 1 aromatic heterocycles. The van der Waals surface area contributed by atoms with E-state index >= 15 is 0 Å². The number of hydrogen-bond donors (Lipinski definition) is 1. The first-order chi connectivity index (χ1) is 9.59. The maximum Gasteiger partial charge on any atom is 0.319 e. The van der Waals surface area contributed by atoms with Crippen LogP contribution in [0.25, 0.3) is 0 Å². The molecular formula is C13H16ClN3O3. The van der Waals surface area contributed by atoms with Gasteiger partial charge in [-0.3, -0.25) is 14.9 Å². The second-order valence-corrected chi connectivity index (χ2v) is 5.31. The van der Waals surface area contributed by atoms with Gasteiger partial charge in [-0.1, -0.05) is 37.3 Å². The third kappa shape index (κ3) is 3.45. The number of nitrogens with zero attached hydrogens (tertiary/aromatic N) is 2. The van der Waals surface area contributed by atoms with Gasteiger partial charge < -0.3 is 5.32 Å². The smallest absolute Gasteiger partial charge is 0.319 e. The minimum absolute atomic E-state index is 0.0404. The van der Waals surface area contributed by atoms with E-state index in [2.05, 4.69) is 10.3 Å². The number of halogens is 1. The highest BCUT2D eigenvalue weighted by molar-refractivity contribution is 6.32. The standard InChI is InChI=1S/C13H16ClN3O3/c14-12-11(17(19)20)10(6-8-15-12)13(18)16-7-5-9-3-1-2-4-9/h6,8-9H,1-5,7H2,(H,16,18). The van der Waals surface area contributed by atoms with Gasteiger partial charge >= 0.3 is 5.69 Å². The number of nitro groups is 1. The summed E-state index contributed by atoms with van der Waals surface area (Å²) in [7, 11) is 0. The minimum Gasteiger partial charge on any atom is -0.352 e. The first-order valence-corrected chi connectivity index (χ1v) is 7.04. The van der Waals surface area contributed by atoms with Crippen LogP contribution in [0.3, 0.4) is 0 Å². The van der Waals surface area contributed by atoms with Crippen molar-refractivity contribution < 1.29 is 9.72 Å². The highest BCUT2D eigenvalue weighted by Crippen LogP contribution is 2.28. The summed E-state index contributed by atoms with van der Waals surface area (Å²) in [6.07, 6.45) is 7.13. The van der Waals surface area contributed by atoms with E-state index in [1.54, 1.807) is 0 Å². The van der Waals surface area contributed by atoms with E-state index in [0.717, 1.165) is 6.42 Å². The van der Waals surface area contributed by atoms with Crippen LogP contribution in [0, 0.1) is 16.0 Å². The molecule has 6 nitrogen and oxygen atoms in total. The van der Waals surface area contributed by atoms with Crippen LogP contribution in [0.1, 0.15) is 42.5 Å². The summed E-state index contributed by atoms with van der Waals surface area (Å²) >= 11 is 5.67. The van der Waals surface area contributed by atoms with Gasteiger partial charge in [0, 0.05) is 12.7 Å². The van der Waals surface area contributed by atoms with Crippen molar-refractivity contribution in [1.82, 2.24) is 10.3 Å². The summed E-state index contributed by atoms with van der Waals surface area (Å²) in [5, 5.41) is 13.4. The normalized spacial score (nSPS) is 15.2. The van der Waals surface area contributed by atoms with Crippen molar-refractivity contribution >= 4 is 23.2 Å². The van der Waals surface area contributed by atoms with E-state index in [-0.39, 0.29) is 10.7 Å². The quantitative estimate of drug-likeness (QED) is 0.514. The van der Waals surface area contributed by atoms with Crippen LogP contribution in [-0.4, -0.2) is 22.4 Å². The molecule has 20 heavy (non-hydrogen) atoms. The molecular weight excluding hydrogens is 282 g/mol. The summed E-state index contributed by atoms with van der Waals surface area (Å²) in [6, 6.07) is 1.31. The van der Waals surface area contributed by atoms with Crippen LogP contribution in [0.4, 0.5) is 5.69 Å². The molecule has 0 aliphatic heterocycles. The van der Waals surface area contributed by atoms with Crippen molar-refractivity contribution in [3.8, 4) is 0 Å². The minimum atomic E-state index is -0.679. The molecule has 0 aromatic carbocycles. The number of amides is 1. The molecule has 1 amide bonds. The van der Waals surface area contributed by atoms with E-state index in [0.29, 0.717) is 12.5 Å². The molecule has 1 heterocycles. The Morgan fingerprint density at radius 2 is 2.20 bits per heavy atom. The van der Waals surface area contributed by atoms with Crippen molar-refractivity contribution in [3.63, 3.8) is 0 Å². The highest BCUT2D eigenvalue weighted by atomic mass is 35.5. The Morgan fingerprint density at radius 1 is 1.50 bits per heavy atom. The second kappa shape index (κ2) is 6.65. The van der Waals surface area contributed by atoms with E-state index in [1.165, 1.54) is 37.9 Å². The molecule has 2 rings (SSSR count). The molecule has 0 radical (unpaired) electrons.